The van der Waals surface area contributed by atoms with Crippen molar-refractivity contribution in [3.8, 4) is 11.5 Å². The van der Waals surface area contributed by atoms with Gasteiger partial charge in [0.1, 0.15) is 11.5 Å². The molecular formula is C17H23BrO3. The van der Waals surface area contributed by atoms with Gasteiger partial charge in [-0.25, -0.2) is 0 Å². The van der Waals surface area contributed by atoms with E-state index in [2.05, 4.69) is 36.4 Å². The van der Waals surface area contributed by atoms with Crippen LogP contribution in [0, 0.1) is 5.41 Å². The molecule has 0 aliphatic heterocycles. The number of methoxy groups -OCH3 is 1. The molecule has 1 aliphatic rings. The minimum atomic E-state index is -0.910. The molecule has 1 fully saturated rings. The lowest BCUT2D eigenvalue weighted by molar-refractivity contribution is 0.0305. The molecular weight excluding hydrogens is 332 g/mol. The molecule has 0 amide bonds. The molecule has 3 nitrogen and oxygen atoms in total. The van der Waals surface area contributed by atoms with E-state index in [0.29, 0.717) is 16.6 Å². The predicted molar refractivity (Wildman–Crippen MR) is 87.9 cm³/mol. The van der Waals surface area contributed by atoms with Gasteiger partial charge in [-0.1, -0.05) is 20.4 Å². The summed E-state index contributed by atoms with van der Waals surface area (Å²) in [4.78, 5) is 0. The lowest BCUT2D eigenvalue weighted by Gasteiger charge is -2.47. The Morgan fingerprint density at radius 2 is 1.90 bits per heavy atom. The van der Waals surface area contributed by atoms with E-state index in [1.165, 1.54) is 0 Å². The highest BCUT2D eigenvalue weighted by molar-refractivity contribution is 9.10. The Balaban J connectivity index is 2.59. The SMILES string of the molecule is C=C1[C@@H](c2cc(OC)c(Br)cc2O)C(C)(C)CC[C@]1(C)O. The molecule has 21 heavy (non-hydrogen) atoms. The number of hydrogen-bond acceptors (Lipinski definition) is 3. The quantitative estimate of drug-likeness (QED) is 0.775. The topological polar surface area (TPSA) is 49.7 Å². The molecule has 2 N–H and O–H groups in total. The monoisotopic (exact) mass is 354 g/mol. The Morgan fingerprint density at radius 3 is 2.48 bits per heavy atom. The van der Waals surface area contributed by atoms with E-state index in [1.54, 1.807) is 20.1 Å². The number of halogens is 1. The summed E-state index contributed by atoms with van der Waals surface area (Å²) in [6.07, 6.45) is 1.55. The lowest BCUT2D eigenvalue weighted by atomic mass is 9.59. The minimum absolute atomic E-state index is 0.0877. The van der Waals surface area contributed by atoms with Crippen molar-refractivity contribution < 1.29 is 14.9 Å². The van der Waals surface area contributed by atoms with E-state index in [9.17, 15) is 10.2 Å². The van der Waals surface area contributed by atoms with Gasteiger partial charge >= 0.3 is 0 Å². The highest BCUT2D eigenvalue weighted by Gasteiger charge is 2.45. The first-order valence-corrected chi connectivity index (χ1v) is 7.87. The molecule has 116 valence electrons. The van der Waals surface area contributed by atoms with Gasteiger partial charge in [0.15, 0.2) is 0 Å². The van der Waals surface area contributed by atoms with Crippen molar-refractivity contribution >= 4 is 15.9 Å². The van der Waals surface area contributed by atoms with E-state index >= 15 is 0 Å². The number of rotatable bonds is 2. The van der Waals surface area contributed by atoms with Crippen LogP contribution >= 0.6 is 15.9 Å². The third kappa shape index (κ3) is 2.84. The summed E-state index contributed by atoms with van der Waals surface area (Å²) in [5, 5.41) is 20.9. The van der Waals surface area contributed by atoms with Gasteiger partial charge in [-0.15, -0.1) is 0 Å². The van der Waals surface area contributed by atoms with Crippen LogP contribution in [0.25, 0.3) is 0 Å². The van der Waals surface area contributed by atoms with Crippen LogP contribution in [-0.4, -0.2) is 22.9 Å². The standard InChI is InChI=1S/C17H23BrO3/c1-10-15(16(2,3)6-7-17(10,4)20)11-8-14(21-5)12(18)9-13(11)19/h8-9,15,19-20H,1,6-7H2,2-5H3/t15-,17-/m0/s1. The number of aliphatic hydroxyl groups is 1. The highest BCUT2D eigenvalue weighted by atomic mass is 79.9. The third-order valence-electron chi connectivity index (χ3n) is 4.69. The molecule has 0 heterocycles. The molecule has 0 unspecified atom stereocenters. The largest absolute Gasteiger partial charge is 0.508 e. The molecule has 4 heteroatoms. The first kappa shape index (κ1) is 16.4. The van der Waals surface area contributed by atoms with Crippen LogP contribution in [0.3, 0.4) is 0 Å². The molecule has 2 rings (SSSR count). The number of aromatic hydroxyl groups is 1. The summed E-state index contributed by atoms with van der Waals surface area (Å²) >= 11 is 3.37. The van der Waals surface area contributed by atoms with Gasteiger partial charge in [-0.05, 0) is 58.8 Å². The van der Waals surface area contributed by atoms with Gasteiger partial charge < -0.3 is 14.9 Å². The highest BCUT2D eigenvalue weighted by Crippen LogP contribution is 2.55. The Bertz CT molecular complexity index is 576. The van der Waals surface area contributed by atoms with Gasteiger partial charge in [-0.3, -0.25) is 0 Å². The van der Waals surface area contributed by atoms with Crippen LogP contribution in [0.15, 0.2) is 28.8 Å². The predicted octanol–water partition coefficient (Wildman–Crippen LogP) is 4.37. The summed E-state index contributed by atoms with van der Waals surface area (Å²) in [5.41, 5.74) is 0.506. The number of phenols is 1. The Morgan fingerprint density at radius 1 is 1.29 bits per heavy atom. The second-order valence-electron chi connectivity index (χ2n) is 6.77. The Labute approximate surface area is 134 Å². The summed E-state index contributed by atoms with van der Waals surface area (Å²) in [5.74, 6) is 0.736. The Kier molecular flexibility index (Phi) is 4.15. The molecule has 1 saturated carbocycles. The molecule has 0 aromatic heterocycles. The fourth-order valence-electron chi connectivity index (χ4n) is 3.21. The zero-order valence-electron chi connectivity index (χ0n) is 13.0. The fraction of sp³-hybridized carbons (Fsp3) is 0.529. The van der Waals surface area contributed by atoms with Gasteiger partial charge in [0, 0.05) is 11.5 Å². The van der Waals surface area contributed by atoms with E-state index in [0.717, 1.165) is 17.6 Å². The summed E-state index contributed by atoms with van der Waals surface area (Å²) in [6.45, 7) is 10.2. The van der Waals surface area contributed by atoms with Crippen LogP contribution in [0.5, 0.6) is 11.5 Å². The second-order valence-corrected chi connectivity index (χ2v) is 7.62. The first-order chi connectivity index (χ1) is 9.60. The first-order valence-electron chi connectivity index (χ1n) is 7.08. The fourth-order valence-corrected chi connectivity index (χ4v) is 3.70. The van der Waals surface area contributed by atoms with Crippen LogP contribution in [0.4, 0.5) is 0 Å². The second kappa shape index (κ2) is 5.33. The molecule has 0 radical (unpaired) electrons. The van der Waals surface area contributed by atoms with Crippen LogP contribution in [0.2, 0.25) is 0 Å². The van der Waals surface area contributed by atoms with Crippen LogP contribution in [0.1, 0.15) is 45.1 Å². The summed E-state index contributed by atoms with van der Waals surface area (Å²) in [7, 11) is 1.60. The number of hydrogen-bond donors (Lipinski definition) is 2. The smallest absolute Gasteiger partial charge is 0.133 e. The van der Waals surface area contributed by atoms with E-state index in [-0.39, 0.29) is 17.1 Å². The van der Waals surface area contributed by atoms with Crippen molar-refractivity contribution in [3.05, 3.63) is 34.3 Å². The molecule has 0 spiro atoms. The molecule has 1 aromatic carbocycles. The zero-order valence-corrected chi connectivity index (χ0v) is 14.6. The number of benzene rings is 1. The lowest BCUT2D eigenvalue weighted by Crippen LogP contribution is -2.41. The number of ether oxygens (including phenoxy) is 1. The average Bonchev–Trinajstić information content (AvgIpc) is 2.38. The molecule has 0 bridgehead atoms. The van der Waals surface area contributed by atoms with Crippen molar-refractivity contribution in [2.75, 3.05) is 7.11 Å². The van der Waals surface area contributed by atoms with Crippen LogP contribution < -0.4 is 4.74 Å². The van der Waals surface area contributed by atoms with Gasteiger partial charge in [0.05, 0.1) is 17.2 Å². The van der Waals surface area contributed by atoms with Gasteiger partial charge in [-0.2, -0.15) is 0 Å². The van der Waals surface area contributed by atoms with Crippen molar-refractivity contribution in [1.29, 1.82) is 0 Å². The van der Waals surface area contributed by atoms with Crippen molar-refractivity contribution in [2.45, 2.75) is 45.1 Å². The van der Waals surface area contributed by atoms with Gasteiger partial charge in [0.25, 0.3) is 0 Å². The molecule has 1 aromatic rings. The maximum atomic E-state index is 10.6. The van der Waals surface area contributed by atoms with Crippen molar-refractivity contribution in [3.63, 3.8) is 0 Å². The van der Waals surface area contributed by atoms with E-state index < -0.39 is 5.60 Å². The maximum Gasteiger partial charge on any atom is 0.133 e. The average molecular weight is 355 g/mol. The zero-order chi connectivity index (χ0) is 16.0. The van der Waals surface area contributed by atoms with Crippen molar-refractivity contribution in [1.82, 2.24) is 0 Å². The summed E-state index contributed by atoms with van der Waals surface area (Å²) < 4.78 is 6.04. The Hall–Kier alpha value is -1.00. The summed E-state index contributed by atoms with van der Waals surface area (Å²) in [6, 6.07) is 3.47. The van der Waals surface area contributed by atoms with E-state index in [1.807, 2.05) is 6.07 Å². The van der Waals surface area contributed by atoms with Crippen molar-refractivity contribution in [2.24, 2.45) is 5.41 Å². The van der Waals surface area contributed by atoms with Gasteiger partial charge in [0.2, 0.25) is 0 Å². The van der Waals surface area contributed by atoms with E-state index in [4.69, 9.17) is 4.74 Å². The maximum absolute atomic E-state index is 10.6. The molecule has 2 atom stereocenters. The normalized spacial score (nSPS) is 28.5. The third-order valence-corrected chi connectivity index (χ3v) is 5.31. The molecule has 0 saturated heterocycles. The number of phenolic OH excluding ortho intramolecular Hbond substituents is 1. The van der Waals surface area contributed by atoms with Crippen LogP contribution in [-0.2, 0) is 0 Å². The molecule has 1 aliphatic carbocycles. The minimum Gasteiger partial charge on any atom is -0.508 e.